The number of hydrogen-bond acceptors (Lipinski definition) is 3. The third-order valence-corrected chi connectivity index (χ3v) is 6.40. The summed E-state index contributed by atoms with van der Waals surface area (Å²) in [6, 6.07) is 16.6. The Morgan fingerprint density at radius 1 is 0.963 bits per heavy atom. The van der Waals surface area contributed by atoms with Gasteiger partial charge in [0.1, 0.15) is 5.75 Å². The SMILES string of the molecule is CCCCOc1ccc(S(=O)(=O)Nc2ccc3c4c(cccc24)CC3)cc1. The number of unbranched alkanes of at least 4 members (excludes halogenated alkanes) is 1. The molecule has 0 bridgehead atoms. The standard InChI is InChI=1S/C22H23NO3S/c1-2-3-15-26-18-10-12-19(13-11-18)27(24,25)23-21-14-9-17-8-7-16-5-4-6-20(21)22(16)17/h4-6,9-14,23H,2-3,7-8,15H2,1H3. The lowest BCUT2D eigenvalue weighted by atomic mass is 10.0. The Morgan fingerprint density at radius 3 is 2.44 bits per heavy atom. The molecule has 3 aromatic carbocycles. The van der Waals surface area contributed by atoms with Gasteiger partial charge in [-0.15, -0.1) is 0 Å². The third-order valence-electron chi connectivity index (χ3n) is 5.02. The molecule has 0 atom stereocenters. The summed E-state index contributed by atoms with van der Waals surface area (Å²) in [7, 11) is -3.66. The van der Waals surface area contributed by atoms with E-state index in [0.717, 1.165) is 31.1 Å². The van der Waals surface area contributed by atoms with Gasteiger partial charge in [0.05, 0.1) is 17.2 Å². The molecule has 27 heavy (non-hydrogen) atoms. The maximum atomic E-state index is 12.9. The van der Waals surface area contributed by atoms with Gasteiger partial charge in [0.2, 0.25) is 0 Å². The van der Waals surface area contributed by atoms with E-state index >= 15 is 0 Å². The molecule has 0 heterocycles. The van der Waals surface area contributed by atoms with Crippen molar-refractivity contribution in [3.8, 4) is 5.75 Å². The minimum atomic E-state index is -3.66. The van der Waals surface area contributed by atoms with Gasteiger partial charge in [-0.05, 0) is 66.1 Å². The van der Waals surface area contributed by atoms with E-state index < -0.39 is 10.0 Å². The lowest BCUT2D eigenvalue weighted by Gasteiger charge is -2.13. The quantitative estimate of drug-likeness (QED) is 0.591. The number of ether oxygens (including phenoxy) is 1. The molecule has 5 heteroatoms. The average Bonchev–Trinajstić information content (AvgIpc) is 3.09. The monoisotopic (exact) mass is 381 g/mol. The Balaban J connectivity index is 1.60. The van der Waals surface area contributed by atoms with Crippen LogP contribution in [0.5, 0.6) is 5.75 Å². The molecule has 1 N–H and O–H groups in total. The smallest absolute Gasteiger partial charge is 0.261 e. The van der Waals surface area contributed by atoms with E-state index in [0.29, 0.717) is 18.0 Å². The first-order chi connectivity index (χ1) is 13.1. The van der Waals surface area contributed by atoms with Crippen molar-refractivity contribution < 1.29 is 13.2 Å². The molecule has 4 rings (SSSR count). The van der Waals surface area contributed by atoms with Crippen LogP contribution in [0.1, 0.15) is 30.9 Å². The van der Waals surface area contributed by atoms with Crippen molar-refractivity contribution in [3.05, 3.63) is 65.7 Å². The molecule has 0 unspecified atom stereocenters. The van der Waals surface area contributed by atoms with Crippen LogP contribution in [0.3, 0.4) is 0 Å². The van der Waals surface area contributed by atoms with E-state index in [4.69, 9.17) is 4.74 Å². The van der Waals surface area contributed by atoms with Gasteiger partial charge in [-0.1, -0.05) is 37.6 Å². The van der Waals surface area contributed by atoms with Crippen LogP contribution in [0.4, 0.5) is 5.69 Å². The van der Waals surface area contributed by atoms with Crippen LogP contribution in [0.15, 0.2) is 59.5 Å². The van der Waals surface area contributed by atoms with Crippen molar-refractivity contribution in [2.24, 2.45) is 0 Å². The molecule has 0 radical (unpaired) electrons. The maximum Gasteiger partial charge on any atom is 0.261 e. The van der Waals surface area contributed by atoms with Gasteiger partial charge < -0.3 is 4.74 Å². The molecule has 1 aliphatic carbocycles. The second kappa shape index (κ2) is 7.24. The summed E-state index contributed by atoms with van der Waals surface area (Å²) in [5, 5.41) is 2.16. The highest BCUT2D eigenvalue weighted by molar-refractivity contribution is 7.92. The zero-order valence-corrected chi connectivity index (χ0v) is 16.2. The predicted octanol–water partition coefficient (Wildman–Crippen LogP) is 4.92. The number of anilines is 1. The van der Waals surface area contributed by atoms with Crippen LogP contribution in [-0.2, 0) is 22.9 Å². The summed E-state index contributed by atoms with van der Waals surface area (Å²) in [5.74, 6) is 0.688. The molecule has 0 aliphatic heterocycles. The molecule has 0 fully saturated rings. The lowest BCUT2D eigenvalue weighted by Crippen LogP contribution is -2.13. The predicted molar refractivity (Wildman–Crippen MR) is 109 cm³/mol. The van der Waals surface area contributed by atoms with E-state index in [1.165, 1.54) is 16.5 Å². The van der Waals surface area contributed by atoms with E-state index in [9.17, 15) is 8.42 Å². The van der Waals surface area contributed by atoms with Gasteiger partial charge in [0, 0.05) is 5.39 Å². The number of hydrogen-bond donors (Lipinski definition) is 1. The first kappa shape index (κ1) is 17.9. The topological polar surface area (TPSA) is 55.4 Å². The summed E-state index contributed by atoms with van der Waals surface area (Å²) in [5.41, 5.74) is 3.20. The maximum absolute atomic E-state index is 12.9. The zero-order chi connectivity index (χ0) is 18.9. The molecule has 0 saturated carbocycles. The summed E-state index contributed by atoms with van der Waals surface area (Å²) in [6.45, 7) is 2.74. The molecule has 140 valence electrons. The van der Waals surface area contributed by atoms with Gasteiger partial charge in [0.25, 0.3) is 10.0 Å². The highest BCUT2D eigenvalue weighted by atomic mass is 32.2. The van der Waals surface area contributed by atoms with Crippen LogP contribution >= 0.6 is 0 Å². The van der Waals surface area contributed by atoms with Crippen LogP contribution in [0, 0.1) is 0 Å². The van der Waals surface area contributed by atoms with Gasteiger partial charge in [-0.3, -0.25) is 4.72 Å². The molecule has 1 aliphatic rings. The van der Waals surface area contributed by atoms with Gasteiger partial charge in [-0.25, -0.2) is 8.42 Å². The van der Waals surface area contributed by atoms with E-state index in [1.807, 2.05) is 24.3 Å². The Labute approximate surface area is 160 Å². The van der Waals surface area contributed by atoms with E-state index in [2.05, 4.69) is 17.7 Å². The molecule has 0 saturated heterocycles. The minimum Gasteiger partial charge on any atom is -0.494 e. The first-order valence-electron chi connectivity index (χ1n) is 9.37. The van der Waals surface area contributed by atoms with E-state index in [-0.39, 0.29) is 4.90 Å². The Kier molecular flexibility index (Phi) is 4.79. The summed E-state index contributed by atoms with van der Waals surface area (Å²) in [4.78, 5) is 0.230. The Morgan fingerprint density at radius 2 is 1.70 bits per heavy atom. The zero-order valence-electron chi connectivity index (χ0n) is 15.4. The largest absolute Gasteiger partial charge is 0.494 e. The molecule has 0 amide bonds. The summed E-state index contributed by atoms with van der Waals surface area (Å²) in [6.07, 6.45) is 4.07. The van der Waals surface area contributed by atoms with Crippen molar-refractivity contribution in [1.29, 1.82) is 0 Å². The van der Waals surface area contributed by atoms with Crippen molar-refractivity contribution in [3.63, 3.8) is 0 Å². The van der Waals surface area contributed by atoms with E-state index in [1.54, 1.807) is 24.3 Å². The second-order valence-corrected chi connectivity index (χ2v) is 8.57. The number of nitrogens with one attached hydrogen (secondary N) is 1. The number of benzene rings is 3. The fraction of sp³-hybridized carbons (Fsp3) is 0.273. The third kappa shape index (κ3) is 3.52. The van der Waals surface area contributed by atoms with Crippen molar-refractivity contribution in [1.82, 2.24) is 0 Å². The lowest BCUT2D eigenvalue weighted by molar-refractivity contribution is 0.309. The van der Waals surface area contributed by atoms with Crippen molar-refractivity contribution >= 4 is 26.5 Å². The molecular weight excluding hydrogens is 358 g/mol. The highest BCUT2D eigenvalue weighted by Crippen LogP contribution is 2.35. The molecule has 3 aromatic rings. The molecule has 0 spiro atoms. The van der Waals surface area contributed by atoms with Gasteiger partial charge in [-0.2, -0.15) is 0 Å². The summed E-state index contributed by atoms with van der Waals surface area (Å²) < 4.78 is 34.1. The van der Waals surface area contributed by atoms with Crippen LogP contribution in [-0.4, -0.2) is 15.0 Å². The normalized spacial score (nSPS) is 13.1. The highest BCUT2D eigenvalue weighted by Gasteiger charge is 2.19. The summed E-state index contributed by atoms with van der Waals surface area (Å²) >= 11 is 0. The fourth-order valence-corrected chi connectivity index (χ4v) is 4.67. The van der Waals surface area contributed by atoms with Crippen LogP contribution in [0.2, 0.25) is 0 Å². The first-order valence-corrected chi connectivity index (χ1v) is 10.9. The average molecular weight is 381 g/mol. The minimum absolute atomic E-state index is 0.230. The van der Waals surface area contributed by atoms with Crippen LogP contribution in [0.25, 0.3) is 10.8 Å². The number of aryl methyl sites for hydroxylation is 2. The van der Waals surface area contributed by atoms with Crippen molar-refractivity contribution in [2.45, 2.75) is 37.5 Å². The van der Waals surface area contributed by atoms with Crippen molar-refractivity contribution in [2.75, 3.05) is 11.3 Å². The van der Waals surface area contributed by atoms with Gasteiger partial charge >= 0.3 is 0 Å². The number of sulfonamides is 1. The number of rotatable bonds is 7. The second-order valence-electron chi connectivity index (χ2n) is 6.89. The Hall–Kier alpha value is -2.53. The molecule has 4 nitrogen and oxygen atoms in total. The molecular formula is C22H23NO3S. The van der Waals surface area contributed by atoms with Gasteiger partial charge in [0.15, 0.2) is 0 Å². The fourth-order valence-electron chi connectivity index (χ4n) is 3.59. The Bertz CT molecular complexity index is 1060. The molecule has 0 aromatic heterocycles. The van der Waals surface area contributed by atoms with Crippen LogP contribution < -0.4 is 9.46 Å².